The Bertz CT molecular complexity index is 1740. The molecule has 0 N–H and O–H groups in total. The Kier molecular flexibility index (Phi) is 12.1. The Hall–Kier alpha value is -2.89. The van der Waals surface area contributed by atoms with Crippen molar-refractivity contribution < 1.29 is 24.2 Å². The first-order chi connectivity index (χ1) is 23.6. The first kappa shape index (κ1) is 38.3. The SMILES string of the molecule is CC1[C-]=CC(C2(C)CCCCC2)=C1.Cc1[c-]c2c(cc1C(C)(C)C)-c1cc(C(C)(C)C)c(C)cc1C2.[Zr+2]=[C](c1ccccc1)c1ccccc1. The van der Waals surface area contributed by atoms with Crippen LogP contribution in [0, 0.1) is 37.3 Å². The van der Waals surface area contributed by atoms with Gasteiger partial charge in [-0.3, -0.25) is 6.08 Å². The van der Waals surface area contributed by atoms with E-state index in [1.165, 1.54) is 115 Å². The number of aryl methyl sites for hydroxylation is 2. The molecule has 4 aromatic rings. The van der Waals surface area contributed by atoms with Crippen LogP contribution < -0.4 is 0 Å². The summed E-state index contributed by atoms with van der Waals surface area (Å²) < 4.78 is 1.42. The van der Waals surface area contributed by atoms with E-state index in [0.29, 0.717) is 11.3 Å². The van der Waals surface area contributed by atoms with Gasteiger partial charge in [-0.25, -0.2) is 6.08 Å². The molecule has 0 nitrogen and oxygen atoms in total. The van der Waals surface area contributed by atoms with Gasteiger partial charge in [-0.05, 0) is 35.4 Å². The van der Waals surface area contributed by atoms with Crippen LogP contribution in [-0.2, 0) is 41.5 Å². The van der Waals surface area contributed by atoms with Gasteiger partial charge in [0.1, 0.15) is 0 Å². The molecule has 4 aromatic carbocycles. The van der Waals surface area contributed by atoms with Gasteiger partial charge < -0.3 is 0 Å². The standard InChI is InChI=1S/C23H29.C13H19.C13H10.Zr/c1-14-9-16-11-17-10-15(2)21(23(6,7)8)13-19(17)18(16)12-20(14)22(3,4)5;1-11-6-7-12(10-11)13(2)8-4-3-5-9-13;1-3-7-12(8-4-1)11-13-9-5-2-6-10-13;/h9,12-13H,11H2,1-8H3;7,10-11H,3-5,8-9H2,1-2H3;1-10H;/q2*-1;;+2. The molecule has 0 aromatic heterocycles. The third kappa shape index (κ3) is 9.12. The van der Waals surface area contributed by atoms with E-state index in [1.54, 1.807) is 5.57 Å². The van der Waals surface area contributed by atoms with Crippen LogP contribution in [0.15, 0.2) is 96.6 Å². The molecule has 0 spiro atoms. The predicted molar refractivity (Wildman–Crippen MR) is 213 cm³/mol. The molecule has 3 aliphatic carbocycles. The van der Waals surface area contributed by atoms with E-state index in [0.717, 1.165) is 6.42 Å². The van der Waals surface area contributed by atoms with E-state index in [2.05, 4.69) is 172 Å². The maximum absolute atomic E-state index is 3.69. The van der Waals surface area contributed by atoms with Crippen LogP contribution in [-0.4, -0.2) is 3.21 Å². The molecule has 1 fully saturated rings. The number of rotatable bonds is 3. The Balaban J connectivity index is 0.000000155. The third-order valence-corrected chi connectivity index (χ3v) is 12.2. The van der Waals surface area contributed by atoms with Crippen LogP contribution in [0.3, 0.4) is 0 Å². The Labute approximate surface area is 319 Å². The zero-order valence-corrected chi connectivity index (χ0v) is 34.9. The molecular weight excluding hydrogens is 680 g/mol. The fraction of sp³-hybridized carbons (Fsp3) is 0.408. The second-order valence-electron chi connectivity index (χ2n) is 17.2. The van der Waals surface area contributed by atoms with Crippen molar-refractivity contribution in [2.24, 2.45) is 11.3 Å². The molecule has 0 saturated heterocycles. The number of hydrogen-bond acceptors (Lipinski definition) is 0. The van der Waals surface area contributed by atoms with Crippen molar-refractivity contribution in [2.75, 3.05) is 0 Å². The molecule has 1 atom stereocenters. The molecule has 0 bridgehead atoms. The van der Waals surface area contributed by atoms with E-state index in [4.69, 9.17) is 0 Å². The van der Waals surface area contributed by atoms with Gasteiger partial charge in [0.05, 0.1) is 0 Å². The van der Waals surface area contributed by atoms with E-state index in [9.17, 15) is 0 Å². The monoisotopic (exact) mass is 736 g/mol. The number of benzene rings is 4. The van der Waals surface area contributed by atoms with Gasteiger partial charge >= 0.3 is 99.2 Å². The summed E-state index contributed by atoms with van der Waals surface area (Å²) >= 11 is 1.46. The van der Waals surface area contributed by atoms with Crippen LogP contribution in [0.1, 0.15) is 132 Å². The maximum atomic E-state index is 3.69. The minimum absolute atomic E-state index is 0.163. The van der Waals surface area contributed by atoms with Gasteiger partial charge in [0.2, 0.25) is 0 Å². The quantitative estimate of drug-likeness (QED) is 0.162. The molecular formula is C49H58Zr. The molecule has 3 aliphatic rings. The molecule has 0 aliphatic heterocycles. The fourth-order valence-corrected chi connectivity index (χ4v) is 8.80. The van der Waals surface area contributed by atoms with Crippen LogP contribution in [0.2, 0.25) is 0 Å². The van der Waals surface area contributed by atoms with Crippen LogP contribution in [0.5, 0.6) is 0 Å². The zero-order valence-electron chi connectivity index (χ0n) is 32.5. The van der Waals surface area contributed by atoms with E-state index >= 15 is 0 Å². The van der Waals surface area contributed by atoms with Crippen molar-refractivity contribution >= 4 is 3.21 Å². The summed E-state index contributed by atoms with van der Waals surface area (Å²) in [5.74, 6) is 0.550. The van der Waals surface area contributed by atoms with Crippen molar-refractivity contribution in [2.45, 2.75) is 119 Å². The Morgan fingerprint density at radius 2 is 1.28 bits per heavy atom. The normalized spacial score (nSPS) is 17.4. The van der Waals surface area contributed by atoms with Gasteiger partial charge in [0.15, 0.2) is 0 Å². The summed E-state index contributed by atoms with van der Waals surface area (Å²) in [5.41, 5.74) is 16.3. The summed E-state index contributed by atoms with van der Waals surface area (Å²) in [6.45, 7) is 22.9. The second kappa shape index (κ2) is 15.8. The summed E-state index contributed by atoms with van der Waals surface area (Å²) in [4.78, 5) is 0. The van der Waals surface area contributed by atoms with Crippen molar-refractivity contribution in [3.05, 3.63) is 153 Å². The average molecular weight is 738 g/mol. The van der Waals surface area contributed by atoms with E-state index < -0.39 is 0 Å². The van der Waals surface area contributed by atoms with Crippen molar-refractivity contribution in [1.29, 1.82) is 0 Å². The molecule has 50 heavy (non-hydrogen) atoms. The molecule has 0 radical (unpaired) electrons. The summed E-state index contributed by atoms with van der Waals surface area (Å²) in [6.07, 6.45) is 16.0. The Morgan fingerprint density at radius 1 is 0.740 bits per heavy atom. The van der Waals surface area contributed by atoms with Gasteiger partial charge in [0, 0.05) is 0 Å². The minimum atomic E-state index is 0.163. The van der Waals surface area contributed by atoms with Crippen LogP contribution >= 0.6 is 0 Å². The van der Waals surface area contributed by atoms with Gasteiger partial charge in [-0.1, -0.05) is 129 Å². The summed E-state index contributed by atoms with van der Waals surface area (Å²) in [7, 11) is 0. The summed E-state index contributed by atoms with van der Waals surface area (Å²) in [6, 6.07) is 32.1. The molecule has 258 valence electrons. The topological polar surface area (TPSA) is 0 Å². The summed E-state index contributed by atoms with van der Waals surface area (Å²) in [5, 5.41) is 0. The zero-order chi connectivity index (χ0) is 36.3. The number of fused-ring (bicyclic) bond motifs is 3. The van der Waals surface area contributed by atoms with Crippen molar-refractivity contribution in [3.8, 4) is 11.1 Å². The van der Waals surface area contributed by atoms with Gasteiger partial charge in [-0.2, -0.15) is 29.3 Å². The van der Waals surface area contributed by atoms with Crippen molar-refractivity contribution in [1.82, 2.24) is 0 Å². The van der Waals surface area contributed by atoms with Gasteiger partial charge in [-0.15, -0.1) is 16.7 Å². The second-order valence-corrected chi connectivity index (χ2v) is 18.4. The molecule has 1 heteroatoms. The Morgan fingerprint density at radius 3 is 1.78 bits per heavy atom. The number of allylic oxidation sites excluding steroid dienone is 4. The first-order valence-electron chi connectivity index (χ1n) is 18.8. The third-order valence-electron chi connectivity index (χ3n) is 10.8. The average Bonchev–Trinajstić information content (AvgIpc) is 3.67. The molecule has 1 unspecified atom stereocenters. The van der Waals surface area contributed by atoms with E-state index in [-0.39, 0.29) is 10.8 Å². The van der Waals surface area contributed by atoms with E-state index in [1.807, 2.05) is 0 Å². The van der Waals surface area contributed by atoms with Gasteiger partial charge in [0.25, 0.3) is 0 Å². The molecule has 7 rings (SSSR count). The fourth-order valence-electron chi connectivity index (χ4n) is 7.98. The number of hydrogen-bond donors (Lipinski definition) is 0. The molecule has 0 amide bonds. The molecule has 1 saturated carbocycles. The van der Waals surface area contributed by atoms with Crippen molar-refractivity contribution in [3.63, 3.8) is 0 Å². The van der Waals surface area contributed by atoms with Crippen LogP contribution in [0.4, 0.5) is 0 Å². The predicted octanol–water partition coefficient (Wildman–Crippen LogP) is 13.0. The first-order valence-corrected chi connectivity index (χ1v) is 20.0. The molecule has 0 heterocycles. The van der Waals surface area contributed by atoms with Crippen LogP contribution in [0.25, 0.3) is 11.1 Å².